The minimum Gasteiger partial charge on any atom is -0.356 e. The standard InChI is InChI=1S/C20H28N4/c1-3-23(16-18-11-7-6-8-12-18)19-15-20(22-17(2)21-19)24-13-9-4-5-10-14-24/h6-8,11-12,15H,3-5,9-10,13-14,16H2,1-2H3. The number of rotatable bonds is 5. The van der Waals surface area contributed by atoms with Gasteiger partial charge in [0, 0.05) is 32.2 Å². The van der Waals surface area contributed by atoms with Crippen LogP contribution in [0.2, 0.25) is 0 Å². The van der Waals surface area contributed by atoms with Gasteiger partial charge in [0.1, 0.15) is 17.5 Å². The summed E-state index contributed by atoms with van der Waals surface area (Å²) in [4.78, 5) is 14.2. The highest BCUT2D eigenvalue weighted by Crippen LogP contribution is 2.23. The lowest BCUT2D eigenvalue weighted by atomic mass is 10.2. The molecule has 1 aromatic heterocycles. The summed E-state index contributed by atoms with van der Waals surface area (Å²) in [5.41, 5.74) is 1.31. The van der Waals surface area contributed by atoms with Crippen LogP contribution >= 0.6 is 0 Å². The summed E-state index contributed by atoms with van der Waals surface area (Å²) in [5, 5.41) is 0. The number of benzene rings is 1. The molecule has 2 heterocycles. The summed E-state index contributed by atoms with van der Waals surface area (Å²) in [6, 6.07) is 12.8. The molecule has 0 N–H and O–H groups in total. The smallest absolute Gasteiger partial charge is 0.134 e. The van der Waals surface area contributed by atoms with Gasteiger partial charge in [-0.3, -0.25) is 0 Å². The Balaban J connectivity index is 1.83. The summed E-state index contributed by atoms with van der Waals surface area (Å²) in [6.45, 7) is 8.23. The Kier molecular flexibility index (Phi) is 5.68. The van der Waals surface area contributed by atoms with Crippen molar-refractivity contribution < 1.29 is 0 Å². The van der Waals surface area contributed by atoms with E-state index in [1.54, 1.807) is 0 Å². The van der Waals surface area contributed by atoms with E-state index in [1.807, 2.05) is 6.92 Å². The zero-order valence-electron chi connectivity index (χ0n) is 14.9. The van der Waals surface area contributed by atoms with Crippen molar-refractivity contribution >= 4 is 11.6 Å². The maximum Gasteiger partial charge on any atom is 0.134 e. The van der Waals surface area contributed by atoms with Crippen molar-refractivity contribution in [3.63, 3.8) is 0 Å². The zero-order chi connectivity index (χ0) is 16.8. The number of anilines is 2. The number of hydrogen-bond donors (Lipinski definition) is 0. The van der Waals surface area contributed by atoms with Crippen LogP contribution in [0.5, 0.6) is 0 Å². The molecule has 1 aliphatic rings. The second-order valence-electron chi connectivity index (χ2n) is 6.53. The second-order valence-corrected chi connectivity index (χ2v) is 6.53. The first kappa shape index (κ1) is 16.7. The molecule has 0 atom stereocenters. The summed E-state index contributed by atoms with van der Waals surface area (Å²) < 4.78 is 0. The molecule has 0 aliphatic carbocycles. The van der Waals surface area contributed by atoms with Crippen LogP contribution in [-0.4, -0.2) is 29.6 Å². The molecule has 1 aliphatic heterocycles. The molecular formula is C20H28N4. The lowest BCUT2D eigenvalue weighted by Crippen LogP contribution is -2.27. The van der Waals surface area contributed by atoms with E-state index in [4.69, 9.17) is 9.97 Å². The maximum absolute atomic E-state index is 4.71. The van der Waals surface area contributed by atoms with Crippen molar-refractivity contribution in [2.24, 2.45) is 0 Å². The van der Waals surface area contributed by atoms with Gasteiger partial charge in [0.15, 0.2) is 0 Å². The lowest BCUT2D eigenvalue weighted by molar-refractivity contribution is 0.726. The van der Waals surface area contributed by atoms with Crippen LogP contribution < -0.4 is 9.80 Å². The molecule has 4 nitrogen and oxygen atoms in total. The highest BCUT2D eigenvalue weighted by Gasteiger charge is 2.15. The van der Waals surface area contributed by atoms with Crippen molar-refractivity contribution in [3.05, 3.63) is 47.8 Å². The van der Waals surface area contributed by atoms with Gasteiger partial charge >= 0.3 is 0 Å². The Labute approximate surface area is 145 Å². The molecule has 1 fully saturated rings. The van der Waals surface area contributed by atoms with Gasteiger partial charge in [0.05, 0.1) is 0 Å². The molecule has 4 heteroatoms. The average molecular weight is 324 g/mol. The molecular weight excluding hydrogens is 296 g/mol. The topological polar surface area (TPSA) is 32.3 Å². The predicted molar refractivity (Wildman–Crippen MR) is 101 cm³/mol. The fraction of sp³-hybridized carbons (Fsp3) is 0.500. The molecule has 24 heavy (non-hydrogen) atoms. The highest BCUT2D eigenvalue weighted by atomic mass is 15.2. The predicted octanol–water partition coefficient (Wildman–Crippen LogP) is 4.19. The summed E-state index contributed by atoms with van der Waals surface area (Å²) in [5.74, 6) is 2.98. The quantitative estimate of drug-likeness (QED) is 0.825. The van der Waals surface area contributed by atoms with Crippen LogP contribution in [0.3, 0.4) is 0 Å². The van der Waals surface area contributed by atoms with Crippen LogP contribution in [0.25, 0.3) is 0 Å². The van der Waals surface area contributed by atoms with Crippen LogP contribution in [0, 0.1) is 6.92 Å². The van der Waals surface area contributed by atoms with E-state index in [0.29, 0.717) is 0 Å². The van der Waals surface area contributed by atoms with E-state index in [9.17, 15) is 0 Å². The van der Waals surface area contributed by atoms with Gasteiger partial charge in [-0.15, -0.1) is 0 Å². The molecule has 0 unspecified atom stereocenters. The van der Waals surface area contributed by atoms with Gasteiger partial charge in [-0.1, -0.05) is 43.2 Å². The van der Waals surface area contributed by atoms with Crippen LogP contribution in [0.15, 0.2) is 36.4 Å². The van der Waals surface area contributed by atoms with Gasteiger partial charge < -0.3 is 9.80 Å². The van der Waals surface area contributed by atoms with E-state index in [1.165, 1.54) is 31.2 Å². The Hall–Kier alpha value is -2.10. The fourth-order valence-electron chi connectivity index (χ4n) is 3.32. The fourth-order valence-corrected chi connectivity index (χ4v) is 3.32. The third-order valence-corrected chi connectivity index (χ3v) is 4.66. The second kappa shape index (κ2) is 8.13. The minimum atomic E-state index is 0.859. The number of aromatic nitrogens is 2. The minimum absolute atomic E-state index is 0.859. The Morgan fingerprint density at radius 3 is 2.38 bits per heavy atom. The Bertz CT molecular complexity index is 633. The van der Waals surface area contributed by atoms with E-state index >= 15 is 0 Å². The zero-order valence-corrected chi connectivity index (χ0v) is 14.9. The Morgan fingerprint density at radius 1 is 1.00 bits per heavy atom. The molecule has 3 rings (SSSR count). The van der Waals surface area contributed by atoms with E-state index < -0.39 is 0 Å². The van der Waals surface area contributed by atoms with Gasteiger partial charge in [-0.05, 0) is 32.3 Å². The van der Waals surface area contributed by atoms with E-state index in [0.717, 1.165) is 43.6 Å². The third kappa shape index (κ3) is 4.25. The largest absolute Gasteiger partial charge is 0.356 e. The van der Waals surface area contributed by atoms with Crippen molar-refractivity contribution in [3.8, 4) is 0 Å². The first-order valence-electron chi connectivity index (χ1n) is 9.16. The maximum atomic E-state index is 4.71. The number of aryl methyl sites for hydroxylation is 1. The van der Waals surface area contributed by atoms with Crippen molar-refractivity contribution in [2.45, 2.75) is 46.1 Å². The molecule has 1 saturated heterocycles. The number of nitrogens with zero attached hydrogens (tertiary/aromatic N) is 4. The first-order chi connectivity index (χ1) is 11.8. The summed E-state index contributed by atoms with van der Waals surface area (Å²) >= 11 is 0. The van der Waals surface area contributed by atoms with Gasteiger partial charge in [-0.2, -0.15) is 0 Å². The monoisotopic (exact) mass is 324 g/mol. The van der Waals surface area contributed by atoms with E-state index in [2.05, 4.69) is 53.1 Å². The van der Waals surface area contributed by atoms with Crippen molar-refractivity contribution in [2.75, 3.05) is 29.4 Å². The molecule has 1 aromatic carbocycles. The third-order valence-electron chi connectivity index (χ3n) is 4.66. The Morgan fingerprint density at radius 2 is 1.71 bits per heavy atom. The molecule has 0 radical (unpaired) electrons. The van der Waals surface area contributed by atoms with Crippen molar-refractivity contribution in [1.82, 2.24) is 9.97 Å². The first-order valence-corrected chi connectivity index (χ1v) is 9.16. The normalized spacial score (nSPS) is 15.2. The van der Waals surface area contributed by atoms with Gasteiger partial charge in [0.2, 0.25) is 0 Å². The molecule has 0 bridgehead atoms. The van der Waals surface area contributed by atoms with Crippen LogP contribution in [-0.2, 0) is 6.54 Å². The van der Waals surface area contributed by atoms with Gasteiger partial charge in [-0.25, -0.2) is 9.97 Å². The molecule has 0 saturated carbocycles. The molecule has 2 aromatic rings. The molecule has 128 valence electrons. The van der Waals surface area contributed by atoms with Crippen LogP contribution in [0.4, 0.5) is 11.6 Å². The van der Waals surface area contributed by atoms with Crippen LogP contribution in [0.1, 0.15) is 44.0 Å². The summed E-state index contributed by atoms with van der Waals surface area (Å²) in [7, 11) is 0. The van der Waals surface area contributed by atoms with Crippen molar-refractivity contribution in [1.29, 1.82) is 0 Å². The number of hydrogen-bond acceptors (Lipinski definition) is 4. The highest BCUT2D eigenvalue weighted by molar-refractivity contribution is 5.51. The molecule has 0 amide bonds. The average Bonchev–Trinajstić information content (AvgIpc) is 2.89. The molecule has 0 spiro atoms. The van der Waals surface area contributed by atoms with Gasteiger partial charge in [0.25, 0.3) is 0 Å². The summed E-state index contributed by atoms with van der Waals surface area (Å²) in [6.07, 6.45) is 5.20. The lowest BCUT2D eigenvalue weighted by Gasteiger charge is -2.26. The SMILES string of the molecule is CCN(Cc1ccccc1)c1cc(N2CCCCCC2)nc(C)n1. The van der Waals surface area contributed by atoms with E-state index in [-0.39, 0.29) is 0 Å².